The maximum atomic E-state index is 12.4. The van der Waals surface area contributed by atoms with Crippen LogP contribution in [0.2, 0.25) is 0 Å². The van der Waals surface area contributed by atoms with Gasteiger partial charge in [0.05, 0.1) is 0 Å². The molecular formula is C18H28ClN3O. The molecule has 0 radical (unpaired) electrons. The van der Waals surface area contributed by atoms with Crippen LogP contribution in [0.1, 0.15) is 32.3 Å². The van der Waals surface area contributed by atoms with Crippen LogP contribution in [-0.2, 0) is 11.2 Å². The standard InChI is InChI=1S/C18H27N3O.ClH/c1-13-11-16(7-9-19-13)18(22)20-12-14(2)21-10-8-15-5-3-4-6-17(15)21;/h3-6,13-14,16,19H,7-12H2,1-2H3,(H,20,22);1H/t13-,14?,16-;/m0./s1. The topological polar surface area (TPSA) is 44.4 Å². The van der Waals surface area contributed by atoms with Gasteiger partial charge in [-0.3, -0.25) is 4.79 Å². The van der Waals surface area contributed by atoms with Crippen LogP contribution in [0.15, 0.2) is 24.3 Å². The summed E-state index contributed by atoms with van der Waals surface area (Å²) in [6.45, 7) is 7.09. The molecule has 1 aromatic rings. The minimum Gasteiger partial charge on any atom is -0.366 e. The van der Waals surface area contributed by atoms with Crippen LogP contribution < -0.4 is 15.5 Å². The summed E-state index contributed by atoms with van der Waals surface area (Å²) >= 11 is 0. The number of carbonyl (C=O) groups excluding carboxylic acids is 1. The van der Waals surface area contributed by atoms with Crippen molar-refractivity contribution in [2.45, 2.75) is 45.2 Å². The van der Waals surface area contributed by atoms with Gasteiger partial charge in [0.25, 0.3) is 0 Å². The molecule has 2 aliphatic rings. The lowest BCUT2D eigenvalue weighted by Gasteiger charge is -2.30. The number of rotatable bonds is 4. The number of fused-ring (bicyclic) bond motifs is 1. The Morgan fingerprint density at radius 2 is 2.22 bits per heavy atom. The number of nitrogens with zero attached hydrogens (tertiary/aromatic N) is 1. The average molecular weight is 338 g/mol. The molecule has 3 atom stereocenters. The van der Waals surface area contributed by atoms with E-state index >= 15 is 0 Å². The summed E-state index contributed by atoms with van der Waals surface area (Å²) in [5, 5.41) is 6.57. The summed E-state index contributed by atoms with van der Waals surface area (Å²) in [4.78, 5) is 14.8. The molecule has 1 saturated heterocycles. The molecule has 0 aliphatic carbocycles. The molecule has 23 heavy (non-hydrogen) atoms. The van der Waals surface area contributed by atoms with Gasteiger partial charge in [-0.05, 0) is 51.3 Å². The van der Waals surface area contributed by atoms with Crippen molar-refractivity contribution < 1.29 is 4.79 Å². The number of hydrogen-bond acceptors (Lipinski definition) is 3. The van der Waals surface area contributed by atoms with Crippen molar-refractivity contribution in [3.8, 4) is 0 Å². The van der Waals surface area contributed by atoms with Crippen LogP contribution in [0.3, 0.4) is 0 Å². The van der Waals surface area contributed by atoms with Gasteiger partial charge in [0.2, 0.25) is 5.91 Å². The zero-order valence-electron chi connectivity index (χ0n) is 14.0. The van der Waals surface area contributed by atoms with E-state index in [-0.39, 0.29) is 24.2 Å². The smallest absolute Gasteiger partial charge is 0.223 e. The largest absolute Gasteiger partial charge is 0.366 e. The molecule has 1 amide bonds. The van der Waals surface area contributed by atoms with Crippen molar-refractivity contribution in [2.24, 2.45) is 5.92 Å². The molecule has 1 aromatic carbocycles. The van der Waals surface area contributed by atoms with Gasteiger partial charge in [-0.1, -0.05) is 18.2 Å². The normalized spacial score (nSPS) is 24.5. The molecule has 0 spiro atoms. The van der Waals surface area contributed by atoms with Gasteiger partial charge in [-0.25, -0.2) is 0 Å². The lowest BCUT2D eigenvalue weighted by Crippen LogP contribution is -2.46. The average Bonchev–Trinajstić information content (AvgIpc) is 2.96. The van der Waals surface area contributed by atoms with Crippen molar-refractivity contribution in [3.63, 3.8) is 0 Å². The molecule has 1 fully saturated rings. The molecule has 2 heterocycles. The molecule has 1 unspecified atom stereocenters. The summed E-state index contributed by atoms with van der Waals surface area (Å²) in [5.41, 5.74) is 2.76. The molecule has 128 valence electrons. The maximum Gasteiger partial charge on any atom is 0.223 e. The maximum absolute atomic E-state index is 12.4. The predicted octanol–water partition coefficient (Wildman–Crippen LogP) is 2.36. The Balaban J connectivity index is 0.00000192. The van der Waals surface area contributed by atoms with E-state index in [0.717, 1.165) is 38.9 Å². The first-order valence-corrected chi connectivity index (χ1v) is 8.51. The van der Waals surface area contributed by atoms with Crippen LogP contribution in [0.25, 0.3) is 0 Å². The van der Waals surface area contributed by atoms with Crippen molar-refractivity contribution in [2.75, 3.05) is 24.5 Å². The number of nitrogens with one attached hydrogen (secondary N) is 2. The van der Waals surface area contributed by atoms with Gasteiger partial charge in [0.15, 0.2) is 0 Å². The fourth-order valence-electron chi connectivity index (χ4n) is 3.69. The zero-order chi connectivity index (χ0) is 15.5. The highest BCUT2D eigenvalue weighted by atomic mass is 35.5. The van der Waals surface area contributed by atoms with E-state index in [9.17, 15) is 4.79 Å². The fourth-order valence-corrected chi connectivity index (χ4v) is 3.69. The third-order valence-electron chi connectivity index (χ3n) is 5.02. The van der Waals surface area contributed by atoms with Crippen LogP contribution in [0.5, 0.6) is 0 Å². The number of carbonyl (C=O) groups is 1. The van der Waals surface area contributed by atoms with E-state index in [1.807, 2.05) is 0 Å². The number of halogens is 1. The summed E-state index contributed by atoms with van der Waals surface area (Å²) in [5.74, 6) is 0.405. The van der Waals surface area contributed by atoms with Gasteiger partial charge in [0, 0.05) is 36.8 Å². The summed E-state index contributed by atoms with van der Waals surface area (Å²) < 4.78 is 0. The Bertz CT molecular complexity index is 537. The van der Waals surface area contributed by atoms with E-state index in [2.05, 4.69) is 53.6 Å². The van der Waals surface area contributed by atoms with E-state index in [0.29, 0.717) is 12.1 Å². The number of amides is 1. The second kappa shape index (κ2) is 8.02. The highest BCUT2D eigenvalue weighted by Crippen LogP contribution is 2.29. The van der Waals surface area contributed by atoms with Crippen LogP contribution in [0, 0.1) is 5.92 Å². The summed E-state index contributed by atoms with van der Waals surface area (Å²) in [6, 6.07) is 9.39. The minimum atomic E-state index is 0. The Kier molecular flexibility index (Phi) is 6.31. The van der Waals surface area contributed by atoms with Gasteiger partial charge in [-0.15, -0.1) is 12.4 Å². The Labute approximate surface area is 145 Å². The van der Waals surface area contributed by atoms with Gasteiger partial charge < -0.3 is 15.5 Å². The first-order valence-electron chi connectivity index (χ1n) is 8.51. The Morgan fingerprint density at radius 1 is 1.43 bits per heavy atom. The lowest BCUT2D eigenvalue weighted by molar-refractivity contribution is -0.126. The van der Waals surface area contributed by atoms with E-state index in [1.54, 1.807) is 0 Å². The van der Waals surface area contributed by atoms with Gasteiger partial charge >= 0.3 is 0 Å². The second-order valence-electron chi connectivity index (χ2n) is 6.74. The molecular weight excluding hydrogens is 310 g/mol. The molecule has 2 aliphatic heterocycles. The summed E-state index contributed by atoms with van der Waals surface area (Å²) in [7, 11) is 0. The number of benzene rings is 1. The van der Waals surface area contributed by atoms with Crippen molar-refractivity contribution in [3.05, 3.63) is 29.8 Å². The van der Waals surface area contributed by atoms with Crippen LogP contribution >= 0.6 is 12.4 Å². The van der Waals surface area contributed by atoms with E-state index < -0.39 is 0 Å². The van der Waals surface area contributed by atoms with Crippen molar-refractivity contribution >= 4 is 24.0 Å². The molecule has 0 saturated carbocycles. The summed E-state index contributed by atoms with van der Waals surface area (Å²) in [6.07, 6.45) is 3.02. The molecule has 3 rings (SSSR count). The predicted molar refractivity (Wildman–Crippen MR) is 97.4 cm³/mol. The highest BCUT2D eigenvalue weighted by Gasteiger charge is 2.26. The first kappa shape index (κ1) is 18.1. The molecule has 5 heteroatoms. The van der Waals surface area contributed by atoms with Gasteiger partial charge in [-0.2, -0.15) is 0 Å². The third-order valence-corrected chi connectivity index (χ3v) is 5.02. The quantitative estimate of drug-likeness (QED) is 0.886. The molecule has 0 aromatic heterocycles. The Morgan fingerprint density at radius 3 is 3.00 bits per heavy atom. The van der Waals surface area contributed by atoms with Crippen LogP contribution in [-0.4, -0.2) is 37.6 Å². The lowest BCUT2D eigenvalue weighted by atomic mass is 9.92. The van der Waals surface area contributed by atoms with E-state index in [1.165, 1.54) is 11.3 Å². The molecule has 2 N–H and O–H groups in total. The second-order valence-corrected chi connectivity index (χ2v) is 6.74. The van der Waals surface area contributed by atoms with E-state index in [4.69, 9.17) is 0 Å². The number of piperidine rings is 1. The van der Waals surface area contributed by atoms with Crippen LogP contribution in [0.4, 0.5) is 5.69 Å². The molecule has 0 bridgehead atoms. The van der Waals surface area contributed by atoms with Gasteiger partial charge in [0.1, 0.15) is 0 Å². The molecule has 4 nitrogen and oxygen atoms in total. The number of anilines is 1. The first-order chi connectivity index (χ1) is 10.6. The van der Waals surface area contributed by atoms with Crippen molar-refractivity contribution in [1.29, 1.82) is 0 Å². The zero-order valence-corrected chi connectivity index (χ0v) is 14.9. The third kappa shape index (κ3) is 4.18. The van der Waals surface area contributed by atoms with Crippen molar-refractivity contribution in [1.82, 2.24) is 10.6 Å². The SMILES string of the molecule is CC(CNC(=O)[C@H]1CCN[C@@H](C)C1)N1CCc2ccccc21.Cl. The highest BCUT2D eigenvalue weighted by molar-refractivity contribution is 5.85. The minimum absolute atomic E-state index is 0. The Hall–Kier alpha value is -1.26. The fraction of sp³-hybridized carbons (Fsp3) is 0.611. The number of para-hydroxylation sites is 1. The number of hydrogen-bond donors (Lipinski definition) is 2. The monoisotopic (exact) mass is 337 g/mol.